The van der Waals surface area contributed by atoms with Gasteiger partial charge in [0.2, 0.25) is 21.8 Å². The maximum atomic E-state index is 13.9. The first kappa shape index (κ1) is 31.2. The molecule has 0 bridgehead atoms. The molecule has 42 heavy (non-hydrogen) atoms. The van der Waals surface area contributed by atoms with Gasteiger partial charge in [-0.15, -0.1) is 0 Å². The molecule has 3 aromatic carbocycles. The summed E-state index contributed by atoms with van der Waals surface area (Å²) >= 11 is 0. The number of hydrogen-bond acceptors (Lipinski definition) is 4. The number of rotatable bonds is 14. The first-order valence-corrected chi connectivity index (χ1v) is 16.3. The number of hydrogen-bond donors (Lipinski definition) is 2. The molecular formula is C34H41N3O4S. The monoisotopic (exact) mass is 587 g/mol. The van der Waals surface area contributed by atoms with Crippen LogP contribution in [0.2, 0.25) is 0 Å². The number of carbonyl (C=O) groups is 2. The van der Waals surface area contributed by atoms with Crippen molar-refractivity contribution >= 4 is 21.8 Å². The lowest BCUT2D eigenvalue weighted by Crippen LogP contribution is -2.43. The van der Waals surface area contributed by atoms with E-state index < -0.39 is 16.1 Å². The predicted molar refractivity (Wildman–Crippen MR) is 166 cm³/mol. The number of benzene rings is 3. The van der Waals surface area contributed by atoms with Crippen molar-refractivity contribution < 1.29 is 18.0 Å². The summed E-state index contributed by atoms with van der Waals surface area (Å²) in [5.74, 6) is -0.345. The van der Waals surface area contributed by atoms with Gasteiger partial charge in [-0.05, 0) is 67.3 Å². The summed E-state index contributed by atoms with van der Waals surface area (Å²) in [5.41, 5.74) is 3.93. The maximum Gasteiger partial charge on any atom is 0.247 e. The molecule has 1 aliphatic rings. The first-order valence-electron chi connectivity index (χ1n) is 14.8. The minimum absolute atomic E-state index is 0.151. The van der Waals surface area contributed by atoms with Crippen LogP contribution in [-0.2, 0) is 32.6 Å². The first-order chi connectivity index (χ1) is 20.4. The predicted octanol–water partition coefficient (Wildman–Crippen LogP) is 5.69. The molecule has 2 N–H and O–H groups in total. The van der Waals surface area contributed by atoms with E-state index >= 15 is 0 Å². The summed E-state index contributed by atoms with van der Waals surface area (Å²) in [6, 6.07) is 25.0. The average Bonchev–Trinajstić information content (AvgIpc) is 3.01. The van der Waals surface area contributed by atoms with Crippen molar-refractivity contribution in [1.29, 1.82) is 0 Å². The Morgan fingerprint density at radius 1 is 0.857 bits per heavy atom. The van der Waals surface area contributed by atoms with Crippen LogP contribution in [-0.4, -0.2) is 38.2 Å². The third kappa shape index (κ3) is 8.87. The van der Waals surface area contributed by atoms with Crippen LogP contribution in [0.4, 0.5) is 0 Å². The van der Waals surface area contributed by atoms with Crippen molar-refractivity contribution in [3.8, 4) is 0 Å². The largest absolute Gasteiger partial charge is 0.354 e. The molecule has 4 rings (SSSR count). The standard InChI is InChI=1S/C34H41N3O4S/c1-2-36-42(40,41)31-21-18-28(19-22-31)20-23-32(38)37(26-29-14-8-4-9-15-29)33(30-16-10-5-11-17-30)34(39)35-25-24-27-12-6-3-7-13-27/h4-5,8-12,14-19,21-22,33,36H,2-3,6-7,13,20,23-26H2,1H3,(H,35,39)/t33-/m1/s1. The Morgan fingerprint density at radius 2 is 1.55 bits per heavy atom. The lowest BCUT2D eigenvalue weighted by molar-refractivity contribution is -0.141. The maximum absolute atomic E-state index is 13.9. The van der Waals surface area contributed by atoms with Gasteiger partial charge < -0.3 is 10.2 Å². The zero-order chi connectivity index (χ0) is 29.8. The highest BCUT2D eigenvalue weighted by Crippen LogP contribution is 2.26. The van der Waals surface area contributed by atoms with Crippen LogP contribution in [0.5, 0.6) is 0 Å². The Morgan fingerprint density at radius 3 is 2.19 bits per heavy atom. The van der Waals surface area contributed by atoms with Gasteiger partial charge in [0.15, 0.2) is 0 Å². The van der Waals surface area contributed by atoms with Crippen molar-refractivity contribution in [2.24, 2.45) is 0 Å². The van der Waals surface area contributed by atoms with E-state index in [4.69, 9.17) is 0 Å². The summed E-state index contributed by atoms with van der Waals surface area (Å²) in [6.45, 7) is 2.86. The molecule has 2 amide bonds. The minimum atomic E-state index is -3.55. The Hall–Kier alpha value is -3.75. The van der Waals surface area contributed by atoms with Crippen molar-refractivity contribution in [2.75, 3.05) is 13.1 Å². The van der Waals surface area contributed by atoms with Crippen LogP contribution in [0, 0.1) is 0 Å². The van der Waals surface area contributed by atoms with E-state index in [0.717, 1.165) is 36.0 Å². The number of nitrogens with zero attached hydrogens (tertiary/aromatic N) is 1. The second-order valence-corrected chi connectivity index (χ2v) is 12.4. The van der Waals surface area contributed by atoms with Gasteiger partial charge in [-0.1, -0.05) is 91.4 Å². The highest BCUT2D eigenvalue weighted by atomic mass is 32.2. The van der Waals surface area contributed by atoms with Crippen molar-refractivity contribution in [3.05, 3.63) is 113 Å². The van der Waals surface area contributed by atoms with Gasteiger partial charge in [0.05, 0.1) is 4.90 Å². The van der Waals surface area contributed by atoms with Crippen LogP contribution < -0.4 is 10.0 Å². The number of sulfonamides is 1. The fraction of sp³-hybridized carbons (Fsp3) is 0.353. The molecule has 0 aromatic heterocycles. The summed E-state index contributed by atoms with van der Waals surface area (Å²) in [7, 11) is -3.55. The summed E-state index contributed by atoms with van der Waals surface area (Å²) in [5, 5.41) is 3.12. The van der Waals surface area contributed by atoms with Crippen LogP contribution in [0.3, 0.4) is 0 Å². The van der Waals surface area contributed by atoms with Gasteiger partial charge in [0.25, 0.3) is 0 Å². The van der Waals surface area contributed by atoms with E-state index in [2.05, 4.69) is 16.1 Å². The average molecular weight is 588 g/mol. The van der Waals surface area contributed by atoms with E-state index in [1.54, 1.807) is 36.1 Å². The molecule has 0 heterocycles. The van der Waals surface area contributed by atoms with Gasteiger partial charge in [-0.25, -0.2) is 13.1 Å². The van der Waals surface area contributed by atoms with Crippen LogP contribution in [0.1, 0.15) is 68.2 Å². The molecule has 0 unspecified atom stereocenters. The second-order valence-electron chi connectivity index (χ2n) is 10.6. The Bertz CT molecular complexity index is 1440. The van der Waals surface area contributed by atoms with Gasteiger partial charge >= 0.3 is 0 Å². The third-order valence-electron chi connectivity index (χ3n) is 7.52. The summed E-state index contributed by atoms with van der Waals surface area (Å²) in [6.07, 6.45) is 8.31. The molecule has 0 fully saturated rings. The topological polar surface area (TPSA) is 95.6 Å². The van der Waals surface area contributed by atoms with Gasteiger partial charge in [-0.3, -0.25) is 9.59 Å². The molecule has 7 nitrogen and oxygen atoms in total. The lowest BCUT2D eigenvalue weighted by Gasteiger charge is -2.32. The molecule has 3 aromatic rings. The summed E-state index contributed by atoms with van der Waals surface area (Å²) in [4.78, 5) is 29.6. The van der Waals surface area contributed by atoms with E-state index in [9.17, 15) is 18.0 Å². The SMILES string of the molecule is CCNS(=O)(=O)c1ccc(CCC(=O)N(Cc2ccccc2)[C@@H](C(=O)NCCC2=CCCCC2)c2ccccc2)cc1. The Kier molecular flexibility index (Phi) is 11.5. The number of amides is 2. The molecule has 1 aliphatic carbocycles. The minimum Gasteiger partial charge on any atom is -0.354 e. The molecule has 0 saturated carbocycles. The number of nitrogens with one attached hydrogen (secondary N) is 2. The molecule has 0 spiro atoms. The van der Waals surface area contributed by atoms with Gasteiger partial charge in [0.1, 0.15) is 6.04 Å². The Labute approximate surface area is 250 Å². The van der Waals surface area contributed by atoms with Crippen LogP contribution in [0.25, 0.3) is 0 Å². The van der Waals surface area contributed by atoms with Crippen molar-refractivity contribution in [3.63, 3.8) is 0 Å². The third-order valence-corrected chi connectivity index (χ3v) is 9.08. The molecule has 0 radical (unpaired) electrons. The zero-order valence-corrected chi connectivity index (χ0v) is 25.1. The molecule has 222 valence electrons. The fourth-order valence-electron chi connectivity index (χ4n) is 5.29. The molecule has 0 aliphatic heterocycles. The number of allylic oxidation sites excluding steroid dienone is 1. The fourth-order valence-corrected chi connectivity index (χ4v) is 6.33. The number of carbonyl (C=O) groups excluding carboxylic acids is 2. The van der Waals surface area contributed by atoms with Crippen molar-refractivity contribution in [1.82, 2.24) is 14.9 Å². The lowest BCUT2D eigenvalue weighted by atomic mass is 9.97. The van der Waals surface area contributed by atoms with Gasteiger partial charge in [-0.2, -0.15) is 0 Å². The Balaban J connectivity index is 1.53. The number of aryl methyl sites for hydroxylation is 1. The molecule has 1 atom stereocenters. The van der Waals surface area contributed by atoms with E-state index in [-0.39, 0.29) is 29.7 Å². The van der Waals surface area contributed by atoms with Crippen molar-refractivity contribution in [2.45, 2.75) is 69.4 Å². The zero-order valence-electron chi connectivity index (χ0n) is 24.3. The summed E-state index contributed by atoms with van der Waals surface area (Å²) < 4.78 is 27.1. The van der Waals surface area contributed by atoms with E-state index in [0.29, 0.717) is 19.5 Å². The highest BCUT2D eigenvalue weighted by Gasteiger charge is 2.31. The molecule has 8 heteroatoms. The van der Waals surface area contributed by atoms with Crippen LogP contribution in [0.15, 0.2) is 101 Å². The molecular weight excluding hydrogens is 546 g/mol. The molecule has 0 saturated heterocycles. The smallest absolute Gasteiger partial charge is 0.247 e. The van der Waals surface area contributed by atoms with Gasteiger partial charge in [0, 0.05) is 26.1 Å². The second kappa shape index (κ2) is 15.5. The highest BCUT2D eigenvalue weighted by molar-refractivity contribution is 7.89. The van der Waals surface area contributed by atoms with E-state index in [1.165, 1.54) is 18.4 Å². The normalized spacial score (nSPS) is 14.1. The van der Waals surface area contributed by atoms with E-state index in [1.807, 2.05) is 60.7 Å². The van der Waals surface area contributed by atoms with Crippen LogP contribution >= 0.6 is 0 Å². The quantitative estimate of drug-likeness (QED) is 0.237.